The van der Waals surface area contributed by atoms with Crippen LogP contribution in [0.1, 0.15) is 121 Å². The van der Waals surface area contributed by atoms with Gasteiger partial charge in [0, 0.05) is 48.0 Å². The number of benzene rings is 4. The molecule has 2 aliphatic carbocycles. The first-order valence-corrected chi connectivity index (χ1v) is 28.7. The molecular formula is C68H77FO19. The monoisotopic (exact) mass is 1220 g/mol. The molecule has 4 aliphatic rings. The maximum Gasteiger partial charge on any atom is 0.345 e. The number of Topliss-reactive ketones (excluding diaryl/α,β-unsaturated/α-hetero) is 1. The third-order valence-electron chi connectivity index (χ3n) is 14.4. The topological polar surface area (TPSA) is 246 Å². The van der Waals surface area contributed by atoms with Crippen molar-refractivity contribution in [3.8, 4) is 0 Å². The lowest BCUT2D eigenvalue weighted by Gasteiger charge is -2.37. The maximum atomic E-state index is 13.2. The highest BCUT2D eigenvalue weighted by Gasteiger charge is 2.45. The summed E-state index contributed by atoms with van der Waals surface area (Å²) in [5, 5.41) is 0. The maximum absolute atomic E-state index is 13.2. The SMILES string of the molecule is C=C(C)C(=O)OCC(=O)OC1(c2ccc(F)cc2)CCCCC1.C=C(C)C(=O)OCC(=O)OC1(c2ccccc2)CCC(=O)C1.C=C(C)C(=O)OCC(=O)OC1(c2ccccc2)CCOC1.C=C(C)C(=O)OCC(=O)OC1(c2ccccc2)CCOCC1. The van der Waals surface area contributed by atoms with E-state index in [2.05, 4.69) is 26.3 Å². The van der Waals surface area contributed by atoms with Gasteiger partial charge in [-0.3, -0.25) is 4.79 Å². The minimum atomic E-state index is -0.953. The quantitative estimate of drug-likeness (QED) is 0.0453. The second-order valence-corrected chi connectivity index (χ2v) is 21.6. The Kier molecular flexibility index (Phi) is 26.9. The summed E-state index contributed by atoms with van der Waals surface area (Å²) >= 11 is 0. The van der Waals surface area contributed by atoms with Gasteiger partial charge in [-0.1, -0.05) is 136 Å². The molecule has 88 heavy (non-hydrogen) atoms. The standard InChI is InChI=1S/C18H21FO4.C17H20O5.C17H18O5.C16H18O5/c1-13(2)17(21)22-12-16(20)23-18(10-4-3-5-11-18)14-6-8-15(19)9-7-14;1-13(2)16(19)21-12-15(18)22-17(8-10-20-11-9-17)14-6-4-3-5-7-14;1-12(2)16(20)21-11-15(19)22-17(9-8-14(18)10-17)13-6-4-3-5-7-13;1-12(2)15(18)20-10-14(17)21-16(8-9-19-11-16)13-6-4-3-5-7-13/h6-9H,1,3-5,10-12H2,2H3;3-7H,1,8-12H2,2H3;3-7H,1,8-11H2,2H3;3-7H,1,8-11H2,2H3. The summed E-state index contributed by atoms with van der Waals surface area (Å²) in [6.45, 7) is 19.9. The van der Waals surface area contributed by atoms with Gasteiger partial charge in [0.2, 0.25) is 0 Å². The first-order chi connectivity index (χ1) is 41.9. The number of hydrogen-bond acceptors (Lipinski definition) is 19. The van der Waals surface area contributed by atoms with Gasteiger partial charge in [-0.15, -0.1) is 0 Å². The first kappa shape index (κ1) is 69.9. The fourth-order valence-electron chi connectivity index (χ4n) is 9.83. The molecule has 2 unspecified atom stereocenters. The second kappa shape index (κ2) is 33.9. The van der Waals surface area contributed by atoms with E-state index in [1.54, 1.807) is 12.1 Å². The van der Waals surface area contributed by atoms with Crippen LogP contribution in [0.2, 0.25) is 0 Å². The normalized spacial score (nSPS) is 18.5. The largest absolute Gasteiger partial charge is 0.452 e. The van der Waals surface area contributed by atoms with Gasteiger partial charge in [-0.25, -0.2) is 42.7 Å². The van der Waals surface area contributed by atoms with E-state index in [4.69, 9.17) is 47.4 Å². The number of ketones is 1. The van der Waals surface area contributed by atoms with Crippen LogP contribution in [0, 0.1) is 5.82 Å². The Morgan fingerprint density at radius 1 is 0.409 bits per heavy atom. The number of rotatable bonds is 20. The molecule has 2 aliphatic heterocycles. The smallest absolute Gasteiger partial charge is 0.345 e. The van der Waals surface area contributed by atoms with E-state index >= 15 is 0 Å². The lowest BCUT2D eigenvalue weighted by molar-refractivity contribution is -0.179. The molecule has 19 nitrogen and oxygen atoms in total. The molecule has 470 valence electrons. The minimum Gasteiger partial charge on any atom is -0.452 e. The van der Waals surface area contributed by atoms with Crippen molar-refractivity contribution >= 4 is 53.5 Å². The van der Waals surface area contributed by atoms with Crippen LogP contribution in [0.5, 0.6) is 0 Å². The molecule has 0 spiro atoms. The Bertz CT molecular complexity index is 3100. The van der Waals surface area contributed by atoms with Gasteiger partial charge in [-0.05, 0) is 94.2 Å². The van der Waals surface area contributed by atoms with Crippen molar-refractivity contribution in [1.29, 1.82) is 0 Å². The summed E-state index contributed by atoms with van der Waals surface area (Å²) in [5.74, 6) is -5.20. The zero-order chi connectivity index (χ0) is 64.3. The Hall–Kier alpha value is -8.88. The highest BCUT2D eigenvalue weighted by atomic mass is 19.1. The lowest BCUT2D eigenvalue weighted by Crippen LogP contribution is -2.39. The molecule has 2 heterocycles. The van der Waals surface area contributed by atoms with E-state index in [9.17, 15) is 47.5 Å². The first-order valence-electron chi connectivity index (χ1n) is 28.7. The Balaban J connectivity index is 0.000000214. The number of carbonyl (C=O) groups is 9. The molecule has 4 aromatic carbocycles. The van der Waals surface area contributed by atoms with Crippen LogP contribution in [0.25, 0.3) is 0 Å². The number of hydrogen-bond donors (Lipinski definition) is 0. The van der Waals surface area contributed by atoms with Crippen LogP contribution >= 0.6 is 0 Å². The zero-order valence-corrected chi connectivity index (χ0v) is 50.4. The van der Waals surface area contributed by atoms with Crippen molar-refractivity contribution in [2.45, 2.75) is 121 Å². The molecule has 20 heteroatoms. The summed E-state index contributed by atoms with van der Waals surface area (Å²) in [6.07, 6.45) is 6.99. The molecule has 2 atom stereocenters. The zero-order valence-electron chi connectivity index (χ0n) is 50.4. The van der Waals surface area contributed by atoms with Crippen molar-refractivity contribution in [1.82, 2.24) is 0 Å². The Morgan fingerprint density at radius 3 is 1.08 bits per heavy atom. The summed E-state index contributed by atoms with van der Waals surface area (Å²) in [4.78, 5) is 105. The second-order valence-electron chi connectivity index (χ2n) is 21.6. The molecule has 4 aromatic rings. The van der Waals surface area contributed by atoms with Gasteiger partial charge in [0.1, 0.15) is 28.4 Å². The van der Waals surface area contributed by atoms with E-state index in [1.165, 1.54) is 39.8 Å². The van der Waals surface area contributed by atoms with Crippen molar-refractivity contribution in [3.63, 3.8) is 0 Å². The van der Waals surface area contributed by atoms with Gasteiger partial charge in [-0.2, -0.15) is 0 Å². The predicted molar refractivity (Wildman–Crippen MR) is 317 cm³/mol. The third-order valence-corrected chi connectivity index (χ3v) is 14.4. The number of carbonyl (C=O) groups excluding carboxylic acids is 9. The molecule has 8 rings (SSSR count). The Labute approximate surface area is 512 Å². The van der Waals surface area contributed by atoms with Crippen LogP contribution in [0.15, 0.2) is 164 Å². The van der Waals surface area contributed by atoms with Crippen molar-refractivity contribution in [3.05, 3.63) is 192 Å². The van der Waals surface area contributed by atoms with Crippen LogP contribution in [-0.2, 0) is 113 Å². The van der Waals surface area contributed by atoms with E-state index in [0.717, 1.165) is 41.5 Å². The van der Waals surface area contributed by atoms with E-state index in [0.29, 0.717) is 71.4 Å². The number of esters is 8. The molecule has 2 saturated heterocycles. The Morgan fingerprint density at radius 2 is 0.727 bits per heavy atom. The fraction of sp³-hybridized carbons (Fsp3) is 0.397. The summed E-state index contributed by atoms with van der Waals surface area (Å²) in [6, 6.07) is 34.2. The molecule has 0 aromatic heterocycles. The predicted octanol–water partition coefficient (Wildman–Crippen LogP) is 10.3. The van der Waals surface area contributed by atoms with Gasteiger partial charge in [0.15, 0.2) is 32.0 Å². The van der Waals surface area contributed by atoms with Gasteiger partial charge < -0.3 is 47.4 Å². The van der Waals surface area contributed by atoms with Crippen molar-refractivity contribution in [2.24, 2.45) is 0 Å². The van der Waals surface area contributed by atoms with Crippen LogP contribution < -0.4 is 0 Å². The van der Waals surface area contributed by atoms with Crippen LogP contribution in [-0.4, -0.2) is 106 Å². The average Bonchev–Trinajstić information content (AvgIpc) is 2.24. The van der Waals surface area contributed by atoms with E-state index in [1.807, 2.05) is 91.0 Å². The number of halogens is 1. The van der Waals surface area contributed by atoms with E-state index < -0.39 is 96.6 Å². The van der Waals surface area contributed by atoms with Crippen molar-refractivity contribution in [2.75, 3.05) is 52.9 Å². The van der Waals surface area contributed by atoms with Gasteiger partial charge in [0.25, 0.3) is 0 Å². The van der Waals surface area contributed by atoms with Crippen LogP contribution in [0.4, 0.5) is 4.39 Å². The summed E-state index contributed by atoms with van der Waals surface area (Å²) in [5.41, 5.74) is 1.05. The molecule has 2 saturated carbocycles. The van der Waals surface area contributed by atoms with Gasteiger partial charge >= 0.3 is 47.8 Å². The minimum absolute atomic E-state index is 0.0515. The van der Waals surface area contributed by atoms with Gasteiger partial charge in [0.05, 0.1) is 32.8 Å². The molecule has 0 radical (unpaired) electrons. The molecular weight excluding hydrogens is 1140 g/mol. The molecule has 0 N–H and O–H groups in total. The highest BCUT2D eigenvalue weighted by Crippen LogP contribution is 2.42. The molecule has 4 fully saturated rings. The third kappa shape index (κ3) is 21.2. The summed E-state index contributed by atoms with van der Waals surface area (Å²) < 4.78 is 65.6. The lowest BCUT2D eigenvalue weighted by atomic mass is 9.79. The van der Waals surface area contributed by atoms with Crippen molar-refractivity contribution < 1.29 is 94.9 Å². The van der Waals surface area contributed by atoms with E-state index in [-0.39, 0.29) is 40.3 Å². The number of ether oxygens (including phenoxy) is 10. The fourth-order valence-corrected chi connectivity index (χ4v) is 9.83. The molecule has 0 amide bonds. The average molecular weight is 1220 g/mol. The summed E-state index contributed by atoms with van der Waals surface area (Å²) in [7, 11) is 0. The van der Waals surface area contributed by atoms with Crippen LogP contribution in [0.3, 0.4) is 0 Å². The highest BCUT2D eigenvalue weighted by molar-refractivity contribution is 5.90. The molecule has 0 bridgehead atoms.